The van der Waals surface area contributed by atoms with Gasteiger partial charge < -0.3 is 4.90 Å². The van der Waals surface area contributed by atoms with Gasteiger partial charge in [0, 0.05) is 18.2 Å². The first kappa shape index (κ1) is 19.1. The summed E-state index contributed by atoms with van der Waals surface area (Å²) in [6.07, 6.45) is 6.16. The van der Waals surface area contributed by atoms with Crippen LogP contribution in [0.25, 0.3) is 17.1 Å². The minimum atomic E-state index is -0.125. The fourth-order valence-electron chi connectivity index (χ4n) is 4.00. The number of carbonyl (C=O) groups excluding carboxylic acids is 1. The summed E-state index contributed by atoms with van der Waals surface area (Å²) >= 11 is 0. The molecule has 0 N–H and O–H groups in total. The van der Waals surface area contributed by atoms with Crippen molar-refractivity contribution in [1.82, 2.24) is 19.7 Å². The van der Waals surface area contributed by atoms with E-state index >= 15 is 0 Å². The molecule has 0 aliphatic heterocycles. The molecule has 2 aromatic carbocycles. The first-order valence-corrected chi connectivity index (χ1v) is 10.2. The summed E-state index contributed by atoms with van der Waals surface area (Å²) in [7, 11) is 0. The highest BCUT2D eigenvalue weighted by molar-refractivity contribution is 5.91. The van der Waals surface area contributed by atoms with Crippen LogP contribution in [0.3, 0.4) is 0 Å². The van der Waals surface area contributed by atoms with Gasteiger partial charge in [0.05, 0.1) is 5.69 Å². The summed E-state index contributed by atoms with van der Waals surface area (Å²) in [5.74, 6) is 0.781. The lowest BCUT2D eigenvalue weighted by molar-refractivity contribution is 0.0694. The number of hydrogen-bond acceptors (Lipinski definition) is 3. The maximum absolute atomic E-state index is 13.4. The van der Waals surface area contributed by atoms with E-state index in [1.165, 1.54) is 0 Å². The number of nitrogens with zero attached hydrogens (tertiary/aromatic N) is 4. The maximum atomic E-state index is 13.4. The van der Waals surface area contributed by atoms with Gasteiger partial charge in [0.1, 0.15) is 0 Å². The number of amides is 1. The number of aryl methyl sites for hydroxylation is 1. The van der Waals surface area contributed by atoms with Gasteiger partial charge in [-0.25, -0.2) is 9.67 Å². The molecule has 1 aromatic heterocycles. The van der Waals surface area contributed by atoms with E-state index in [1.807, 2.05) is 66.4 Å². The standard InChI is InChI=1S/C24H26N4O/c1-3-16-27(20-13-7-8-14-20)24(29)22-25-23(19-11-5-4-6-12-19)28(26-22)21-15-9-10-18(2)17-21/h3-6,9-12,15,17,20H,1,7-8,13-14,16H2,2H3. The van der Waals surface area contributed by atoms with E-state index in [-0.39, 0.29) is 17.8 Å². The molecular weight excluding hydrogens is 360 g/mol. The first-order valence-electron chi connectivity index (χ1n) is 10.2. The van der Waals surface area contributed by atoms with Crippen molar-refractivity contribution in [3.05, 3.63) is 78.6 Å². The number of carbonyl (C=O) groups is 1. The molecule has 29 heavy (non-hydrogen) atoms. The van der Waals surface area contributed by atoms with E-state index in [9.17, 15) is 4.79 Å². The van der Waals surface area contributed by atoms with E-state index in [0.29, 0.717) is 12.4 Å². The molecule has 1 aliphatic rings. The van der Waals surface area contributed by atoms with Crippen LogP contribution in [0.5, 0.6) is 0 Å². The molecule has 0 atom stereocenters. The zero-order valence-corrected chi connectivity index (χ0v) is 16.8. The van der Waals surface area contributed by atoms with Gasteiger partial charge in [-0.05, 0) is 37.5 Å². The molecule has 4 rings (SSSR count). The third kappa shape index (κ3) is 3.99. The highest BCUT2D eigenvalue weighted by Gasteiger charge is 2.30. The lowest BCUT2D eigenvalue weighted by Crippen LogP contribution is -2.39. The van der Waals surface area contributed by atoms with E-state index in [0.717, 1.165) is 42.5 Å². The average Bonchev–Trinajstić information content (AvgIpc) is 3.42. The van der Waals surface area contributed by atoms with Crippen molar-refractivity contribution in [2.24, 2.45) is 0 Å². The normalized spacial score (nSPS) is 14.1. The Kier molecular flexibility index (Phi) is 5.56. The number of rotatable bonds is 6. The zero-order valence-electron chi connectivity index (χ0n) is 16.8. The Morgan fingerprint density at radius 2 is 1.93 bits per heavy atom. The van der Waals surface area contributed by atoms with Crippen molar-refractivity contribution in [2.45, 2.75) is 38.6 Å². The summed E-state index contributed by atoms with van der Waals surface area (Å²) in [4.78, 5) is 19.9. The second kappa shape index (κ2) is 8.43. The fourth-order valence-corrected chi connectivity index (χ4v) is 4.00. The van der Waals surface area contributed by atoms with E-state index in [1.54, 1.807) is 10.8 Å². The molecule has 0 radical (unpaired) electrons. The summed E-state index contributed by atoms with van der Waals surface area (Å²) in [5, 5.41) is 4.65. The Labute approximate surface area is 171 Å². The third-order valence-corrected chi connectivity index (χ3v) is 5.43. The van der Waals surface area contributed by atoms with Crippen molar-refractivity contribution in [3.63, 3.8) is 0 Å². The van der Waals surface area contributed by atoms with Gasteiger partial charge in [0.2, 0.25) is 5.82 Å². The Hall–Kier alpha value is -3.21. The van der Waals surface area contributed by atoms with E-state index in [4.69, 9.17) is 0 Å². The highest BCUT2D eigenvalue weighted by atomic mass is 16.2. The van der Waals surface area contributed by atoms with Crippen molar-refractivity contribution in [3.8, 4) is 17.1 Å². The van der Waals surface area contributed by atoms with Crippen LogP contribution in [0.2, 0.25) is 0 Å². The smallest absolute Gasteiger partial charge is 0.294 e. The molecule has 148 valence electrons. The summed E-state index contributed by atoms with van der Waals surface area (Å²) in [6.45, 7) is 6.39. The number of benzene rings is 2. The van der Waals surface area contributed by atoms with Crippen LogP contribution < -0.4 is 0 Å². The van der Waals surface area contributed by atoms with Crippen LogP contribution in [-0.2, 0) is 0 Å². The second-order valence-electron chi connectivity index (χ2n) is 7.56. The molecule has 1 heterocycles. The largest absolute Gasteiger partial charge is 0.329 e. The quantitative estimate of drug-likeness (QED) is 0.571. The Balaban J connectivity index is 1.78. The van der Waals surface area contributed by atoms with Crippen LogP contribution in [0.4, 0.5) is 0 Å². The van der Waals surface area contributed by atoms with Crippen LogP contribution >= 0.6 is 0 Å². The Morgan fingerprint density at radius 1 is 1.17 bits per heavy atom. The van der Waals surface area contributed by atoms with Crippen LogP contribution in [0.15, 0.2) is 67.3 Å². The van der Waals surface area contributed by atoms with Gasteiger partial charge in [0.15, 0.2) is 5.82 Å². The van der Waals surface area contributed by atoms with Gasteiger partial charge in [0.25, 0.3) is 5.91 Å². The molecule has 0 spiro atoms. The topological polar surface area (TPSA) is 51.0 Å². The van der Waals surface area contributed by atoms with E-state index < -0.39 is 0 Å². The zero-order chi connectivity index (χ0) is 20.2. The SMILES string of the molecule is C=CCN(C(=O)c1nc(-c2ccccc2)n(-c2cccc(C)c2)n1)C1CCCC1. The summed E-state index contributed by atoms with van der Waals surface area (Å²) in [5.41, 5.74) is 2.95. The molecule has 0 saturated heterocycles. The molecule has 1 amide bonds. The van der Waals surface area contributed by atoms with Gasteiger partial charge in [-0.3, -0.25) is 4.79 Å². The van der Waals surface area contributed by atoms with Crippen molar-refractivity contribution < 1.29 is 4.79 Å². The van der Waals surface area contributed by atoms with Gasteiger partial charge >= 0.3 is 0 Å². The predicted molar refractivity (Wildman–Crippen MR) is 115 cm³/mol. The number of aromatic nitrogens is 3. The Morgan fingerprint density at radius 3 is 2.62 bits per heavy atom. The van der Waals surface area contributed by atoms with Gasteiger partial charge in [-0.1, -0.05) is 61.4 Å². The van der Waals surface area contributed by atoms with Gasteiger partial charge in [-0.15, -0.1) is 11.7 Å². The predicted octanol–water partition coefficient (Wildman–Crippen LogP) is 4.81. The minimum absolute atomic E-state index is 0.125. The summed E-state index contributed by atoms with van der Waals surface area (Å²) < 4.78 is 1.77. The minimum Gasteiger partial charge on any atom is -0.329 e. The molecule has 1 saturated carbocycles. The van der Waals surface area contributed by atoms with Crippen molar-refractivity contribution >= 4 is 5.91 Å². The molecule has 0 bridgehead atoms. The maximum Gasteiger partial charge on any atom is 0.294 e. The summed E-state index contributed by atoms with van der Waals surface area (Å²) in [6, 6.07) is 18.2. The molecule has 5 nitrogen and oxygen atoms in total. The lowest BCUT2D eigenvalue weighted by atomic mass is 10.2. The van der Waals surface area contributed by atoms with E-state index in [2.05, 4.69) is 16.7 Å². The average molecular weight is 386 g/mol. The van der Waals surface area contributed by atoms with Crippen LogP contribution in [-0.4, -0.2) is 38.2 Å². The molecule has 1 fully saturated rings. The first-order chi connectivity index (χ1) is 14.2. The second-order valence-corrected chi connectivity index (χ2v) is 7.56. The van der Waals surface area contributed by atoms with Crippen molar-refractivity contribution in [2.75, 3.05) is 6.54 Å². The van der Waals surface area contributed by atoms with Crippen molar-refractivity contribution in [1.29, 1.82) is 0 Å². The molecule has 0 unspecified atom stereocenters. The number of hydrogen-bond donors (Lipinski definition) is 0. The highest BCUT2D eigenvalue weighted by Crippen LogP contribution is 2.26. The molecule has 3 aromatic rings. The van der Waals surface area contributed by atoms with Gasteiger partial charge in [-0.2, -0.15) is 0 Å². The lowest BCUT2D eigenvalue weighted by Gasteiger charge is -2.26. The molecular formula is C24H26N4O. The Bertz CT molecular complexity index is 1000. The van der Waals surface area contributed by atoms with Crippen LogP contribution in [0.1, 0.15) is 41.9 Å². The van der Waals surface area contributed by atoms with Crippen LogP contribution in [0, 0.1) is 6.92 Å². The fraction of sp³-hybridized carbons (Fsp3) is 0.292. The molecule has 1 aliphatic carbocycles. The molecule has 5 heteroatoms. The monoisotopic (exact) mass is 386 g/mol. The third-order valence-electron chi connectivity index (χ3n) is 5.43.